The van der Waals surface area contributed by atoms with E-state index in [1.165, 1.54) is 6.92 Å². The molecule has 2 aromatic carbocycles. The number of hydrogen-bond acceptors (Lipinski definition) is 6. The molecule has 0 aliphatic carbocycles. The smallest absolute Gasteiger partial charge is 0.163 e. The Hall–Kier alpha value is -2.26. The molecule has 1 heterocycles. The van der Waals surface area contributed by atoms with E-state index in [2.05, 4.69) is 10.2 Å². The van der Waals surface area contributed by atoms with Gasteiger partial charge in [-0.15, -0.1) is 0 Å². The molecule has 0 radical (unpaired) electrons. The van der Waals surface area contributed by atoms with Gasteiger partial charge in [0, 0.05) is 38.3 Å². The number of benzene rings is 2. The summed E-state index contributed by atoms with van der Waals surface area (Å²) < 4.78 is 38.9. The number of methoxy groups -OCH3 is 1. The van der Waals surface area contributed by atoms with E-state index < -0.39 is 17.7 Å². The monoisotopic (exact) mass is 450 g/mol. The largest absolute Gasteiger partial charge is 0.493 e. The van der Waals surface area contributed by atoms with Gasteiger partial charge in [0.25, 0.3) is 0 Å². The van der Waals surface area contributed by atoms with Crippen molar-refractivity contribution in [2.75, 3.05) is 33.4 Å². The molecule has 1 aliphatic rings. The number of piperidine rings is 1. The van der Waals surface area contributed by atoms with Crippen molar-refractivity contribution in [3.63, 3.8) is 0 Å². The fraction of sp³-hybridized carbons (Fsp3) is 0.500. The van der Waals surface area contributed by atoms with E-state index >= 15 is 0 Å². The summed E-state index contributed by atoms with van der Waals surface area (Å²) in [6.45, 7) is 4.32. The van der Waals surface area contributed by atoms with Gasteiger partial charge in [-0.05, 0) is 43.0 Å². The highest BCUT2D eigenvalue weighted by molar-refractivity contribution is 5.43. The molecular formula is C24H32F2N2O4. The number of aliphatic hydroxyl groups is 2. The predicted molar refractivity (Wildman–Crippen MR) is 118 cm³/mol. The lowest BCUT2D eigenvalue weighted by Gasteiger charge is -2.30. The lowest BCUT2D eigenvalue weighted by molar-refractivity contribution is 0.0333. The number of ether oxygens (including phenoxy) is 2. The van der Waals surface area contributed by atoms with Crippen LogP contribution in [-0.4, -0.2) is 60.7 Å². The summed E-state index contributed by atoms with van der Waals surface area (Å²) >= 11 is 0. The van der Waals surface area contributed by atoms with Crippen LogP contribution in [0.3, 0.4) is 0 Å². The number of rotatable bonds is 10. The Kier molecular flexibility index (Phi) is 8.81. The average molecular weight is 451 g/mol. The van der Waals surface area contributed by atoms with Gasteiger partial charge < -0.3 is 29.9 Å². The first-order valence-electron chi connectivity index (χ1n) is 10.9. The van der Waals surface area contributed by atoms with Crippen LogP contribution in [0.4, 0.5) is 8.78 Å². The molecule has 1 aliphatic heterocycles. The van der Waals surface area contributed by atoms with E-state index in [9.17, 15) is 19.0 Å². The molecule has 0 spiro atoms. The number of nitrogens with zero attached hydrogens (tertiary/aromatic N) is 1. The van der Waals surface area contributed by atoms with Crippen LogP contribution in [0.5, 0.6) is 11.5 Å². The van der Waals surface area contributed by atoms with Crippen LogP contribution < -0.4 is 14.8 Å². The van der Waals surface area contributed by atoms with Crippen molar-refractivity contribution in [1.82, 2.24) is 10.2 Å². The summed E-state index contributed by atoms with van der Waals surface area (Å²) in [5, 5.41) is 23.0. The number of nitrogens with one attached hydrogen (secondary N) is 1. The van der Waals surface area contributed by atoms with Gasteiger partial charge in [-0.2, -0.15) is 0 Å². The average Bonchev–Trinajstić information content (AvgIpc) is 2.79. The summed E-state index contributed by atoms with van der Waals surface area (Å²) in [5.41, 5.74) is 1.46. The first-order chi connectivity index (χ1) is 15.4. The zero-order valence-corrected chi connectivity index (χ0v) is 18.6. The highest BCUT2D eigenvalue weighted by atomic mass is 19.2. The second kappa shape index (κ2) is 11.6. The van der Waals surface area contributed by atoms with Gasteiger partial charge in [0.15, 0.2) is 23.1 Å². The lowest BCUT2D eigenvalue weighted by atomic mass is 10.1. The molecule has 2 aromatic rings. The molecule has 1 unspecified atom stereocenters. The minimum absolute atomic E-state index is 0.130. The first-order valence-corrected chi connectivity index (χ1v) is 10.9. The van der Waals surface area contributed by atoms with Gasteiger partial charge in [0.2, 0.25) is 0 Å². The molecule has 0 bridgehead atoms. The SMILES string of the molecule is COc1cc(CNCc2ccc(C)c(F)c2F)ccc1OCC(O)CN1CCC(O)CC1. The first kappa shape index (κ1) is 24.4. The molecule has 0 amide bonds. The number of aryl methyl sites for hydroxylation is 1. The lowest BCUT2D eigenvalue weighted by Crippen LogP contribution is -2.41. The van der Waals surface area contributed by atoms with Crippen molar-refractivity contribution in [2.45, 2.75) is 45.1 Å². The van der Waals surface area contributed by atoms with E-state index in [1.807, 2.05) is 12.1 Å². The molecule has 1 fully saturated rings. The van der Waals surface area contributed by atoms with E-state index in [0.717, 1.165) is 31.5 Å². The standard InChI is InChI=1S/C24H32F2N2O4/c1-16-3-5-18(24(26)23(16)25)13-27-12-17-4-6-21(22(11-17)31-2)32-15-20(30)14-28-9-7-19(29)8-10-28/h3-6,11,19-20,27,29-30H,7-10,12-15H2,1-2H3. The highest BCUT2D eigenvalue weighted by Gasteiger charge is 2.20. The Morgan fingerprint density at radius 1 is 1.09 bits per heavy atom. The topological polar surface area (TPSA) is 74.2 Å². The summed E-state index contributed by atoms with van der Waals surface area (Å²) in [6, 6.07) is 8.58. The summed E-state index contributed by atoms with van der Waals surface area (Å²) in [5.74, 6) is -0.577. The second-order valence-corrected chi connectivity index (χ2v) is 8.25. The fourth-order valence-electron chi connectivity index (χ4n) is 3.74. The maximum Gasteiger partial charge on any atom is 0.163 e. The molecule has 3 rings (SSSR count). The molecule has 0 saturated carbocycles. The predicted octanol–water partition coefficient (Wildman–Crippen LogP) is 2.77. The molecule has 8 heteroatoms. The molecule has 1 saturated heterocycles. The van der Waals surface area contributed by atoms with E-state index in [0.29, 0.717) is 24.6 Å². The molecule has 3 N–H and O–H groups in total. The number of β-amino-alcohol motifs (C(OH)–C–C–N with tert-alkyl or cyclic N) is 1. The quantitative estimate of drug-likeness (QED) is 0.517. The van der Waals surface area contributed by atoms with Gasteiger partial charge in [0.1, 0.15) is 12.7 Å². The minimum Gasteiger partial charge on any atom is -0.493 e. The van der Waals surface area contributed by atoms with Crippen molar-refractivity contribution in [3.05, 3.63) is 58.7 Å². The van der Waals surface area contributed by atoms with Crippen molar-refractivity contribution >= 4 is 0 Å². The van der Waals surface area contributed by atoms with Crippen LogP contribution in [-0.2, 0) is 13.1 Å². The Balaban J connectivity index is 1.49. The maximum atomic E-state index is 14.0. The zero-order chi connectivity index (χ0) is 23.1. The van der Waals surface area contributed by atoms with Crippen LogP contribution in [0.25, 0.3) is 0 Å². The van der Waals surface area contributed by atoms with Gasteiger partial charge >= 0.3 is 0 Å². The van der Waals surface area contributed by atoms with E-state index in [1.54, 1.807) is 25.3 Å². The van der Waals surface area contributed by atoms with Crippen molar-refractivity contribution in [3.8, 4) is 11.5 Å². The normalized spacial score (nSPS) is 16.2. The Labute approximate surface area is 187 Å². The fourth-order valence-corrected chi connectivity index (χ4v) is 3.74. The van der Waals surface area contributed by atoms with Crippen LogP contribution >= 0.6 is 0 Å². The van der Waals surface area contributed by atoms with E-state index in [-0.39, 0.29) is 30.4 Å². The molecule has 32 heavy (non-hydrogen) atoms. The van der Waals surface area contributed by atoms with Crippen molar-refractivity contribution in [2.24, 2.45) is 0 Å². The van der Waals surface area contributed by atoms with Crippen LogP contribution in [0, 0.1) is 18.6 Å². The van der Waals surface area contributed by atoms with Crippen LogP contribution in [0.2, 0.25) is 0 Å². The number of likely N-dealkylation sites (tertiary alicyclic amines) is 1. The van der Waals surface area contributed by atoms with Gasteiger partial charge in [-0.25, -0.2) is 8.78 Å². The number of hydrogen-bond donors (Lipinski definition) is 3. The van der Waals surface area contributed by atoms with Gasteiger partial charge in [0.05, 0.1) is 13.2 Å². The summed E-state index contributed by atoms with van der Waals surface area (Å²) in [7, 11) is 1.54. The third-order valence-corrected chi connectivity index (χ3v) is 5.69. The van der Waals surface area contributed by atoms with Crippen molar-refractivity contribution in [1.29, 1.82) is 0 Å². The summed E-state index contributed by atoms with van der Waals surface area (Å²) in [4.78, 5) is 2.12. The minimum atomic E-state index is -0.821. The Morgan fingerprint density at radius 3 is 2.56 bits per heavy atom. The highest BCUT2D eigenvalue weighted by Crippen LogP contribution is 2.28. The van der Waals surface area contributed by atoms with Gasteiger partial charge in [-0.1, -0.05) is 18.2 Å². The molecule has 6 nitrogen and oxygen atoms in total. The molecule has 0 aromatic heterocycles. The number of aliphatic hydroxyl groups excluding tert-OH is 2. The van der Waals surface area contributed by atoms with Crippen LogP contribution in [0.15, 0.2) is 30.3 Å². The van der Waals surface area contributed by atoms with Gasteiger partial charge in [-0.3, -0.25) is 0 Å². The zero-order valence-electron chi connectivity index (χ0n) is 18.6. The Morgan fingerprint density at radius 2 is 1.84 bits per heavy atom. The maximum absolute atomic E-state index is 14.0. The molecule has 1 atom stereocenters. The number of halogens is 2. The summed E-state index contributed by atoms with van der Waals surface area (Å²) in [6.07, 6.45) is 0.556. The van der Waals surface area contributed by atoms with Crippen molar-refractivity contribution < 1.29 is 28.5 Å². The molecule has 176 valence electrons. The van der Waals surface area contributed by atoms with Crippen LogP contribution in [0.1, 0.15) is 29.5 Å². The third-order valence-electron chi connectivity index (χ3n) is 5.69. The molecular weight excluding hydrogens is 418 g/mol. The Bertz CT molecular complexity index is 889. The third kappa shape index (κ3) is 6.62. The van der Waals surface area contributed by atoms with E-state index in [4.69, 9.17) is 9.47 Å². The second-order valence-electron chi connectivity index (χ2n) is 8.25.